The Kier molecular flexibility index (Phi) is 4.73. The zero-order valence-electron chi connectivity index (χ0n) is 10.7. The number of thiophene rings is 1. The van der Waals surface area contributed by atoms with Gasteiger partial charge in [0, 0.05) is 19.1 Å². The molecule has 0 aliphatic carbocycles. The predicted octanol–water partition coefficient (Wildman–Crippen LogP) is 0.886. The Bertz CT molecular complexity index is 646. The number of hydrogen-bond acceptors (Lipinski definition) is 6. The summed E-state index contributed by atoms with van der Waals surface area (Å²) in [4.78, 5) is 2.39. The average molecular weight is 310 g/mol. The lowest BCUT2D eigenvalue weighted by molar-refractivity contribution is 0.229. The molecule has 20 heavy (non-hydrogen) atoms. The van der Waals surface area contributed by atoms with Crippen LogP contribution in [0.1, 0.15) is 17.7 Å². The molecule has 0 bridgehead atoms. The summed E-state index contributed by atoms with van der Waals surface area (Å²) in [5, 5.41) is 17.3. The van der Waals surface area contributed by atoms with Gasteiger partial charge in [0.1, 0.15) is 15.2 Å². The first kappa shape index (κ1) is 14.9. The number of hydrogen-bond donors (Lipinski definition) is 1. The molecular weight excluding hydrogens is 296 g/mol. The molecule has 1 saturated heterocycles. The predicted molar refractivity (Wildman–Crippen MR) is 74.4 cm³/mol. The van der Waals surface area contributed by atoms with Gasteiger partial charge in [0.25, 0.3) is 0 Å². The monoisotopic (exact) mass is 310 g/mol. The van der Waals surface area contributed by atoms with Gasteiger partial charge in [-0.2, -0.15) is 10.5 Å². The van der Waals surface area contributed by atoms with Gasteiger partial charge in [-0.05, 0) is 25.0 Å². The van der Waals surface area contributed by atoms with Crippen LogP contribution in [-0.2, 0) is 10.0 Å². The van der Waals surface area contributed by atoms with E-state index in [0.717, 1.165) is 11.3 Å². The van der Waals surface area contributed by atoms with Crippen molar-refractivity contribution in [3.63, 3.8) is 0 Å². The summed E-state index contributed by atoms with van der Waals surface area (Å²) >= 11 is 0.972. The molecule has 1 aromatic heterocycles. The van der Waals surface area contributed by atoms with E-state index in [2.05, 4.69) is 10.8 Å². The largest absolute Gasteiger partial charge is 0.290 e. The second kappa shape index (κ2) is 6.33. The SMILES string of the molecule is N#CCN1CCC(NS(=O)(=O)c2ccc(C#N)s2)CC1. The Hall–Kier alpha value is -1.45. The van der Waals surface area contributed by atoms with Crippen molar-refractivity contribution < 1.29 is 8.42 Å². The van der Waals surface area contributed by atoms with Gasteiger partial charge < -0.3 is 0 Å². The minimum Gasteiger partial charge on any atom is -0.290 e. The van der Waals surface area contributed by atoms with E-state index in [1.165, 1.54) is 12.1 Å². The van der Waals surface area contributed by atoms with E-state index in [1.807, 2.05) is 11.0 Å². The van der Waals surface area contributed by atoms with Crippen LogP contribution in [0.25, 0.3) is 0 Å². The van der Waals surface area contributed by atoms with Gasteiger partial charge in [0.05, 0.1) is 12.6 Å². The minimum absolute atomic E-state index is 0.109. The molecule has 0 saturated carbocycles. The normalized spacial score (nSPS) is 17.5. The number of sulfonamides is 1. The zero-order chi connectivity index (χ0) is 14.6. The Morgan fingerprint density at radius 2 is 2.05 bits per heavy atom. The van der Waals surface area contributed by atoms with Gasteiger partial charge in [-0.1, -0.05) is 0 Å². The van der Waals surface area contributed by atoms with Crippen molar-refractivity contribution in [2.24, 2.45) is 0 Å². The van der Waals surface area contributed by atoms with Crippen molar-refractivity contribution in [2.75, 3.05) is 19.6 Å². The van der Waals surface area contributed by atoms with E-state index in [1.54, 1.807) is 0 Å². The van der Waals surface area contributed by atoms with Crippen molar-refractivity contribution in [1.82, 2.24) is 9.62 Å². The minimum atomic E-state index is -3.55. The first-order valence-electron chi connectivity index (χ1n) is 6.17. The van der Waals surface area contributed by atoms with Crippen molar-refractivity contribution in [3.05, 3.63) is 17.0 Å². The van der Waals surface area contributed by atoms with Gasteiger partial charge in [-0.15, -0.1) is 11.3 Å². The summed E-state index contributed by atoms with van der Waals surface area (Å²) < 4.78 is 27.2. The second-order valence-electron chi connectivity index (χ2n) is 4.56. The molecule has 0 unspecified atom stereocenters. The van der Waals surface area contributed by atoms with Crippen LogP contribution in [0, 0.1) is 22.7 Å². The second-order valence-corrected chi connectivity index (χ2v) is 7.58. The molecule has 0 radical (unpaired) electrons. The van der Waals surface area contributed by atoms with Crippen LogP contribution >= 0.6 is 11.3 Å². The number of nitrogens with one attached hydrogen (secondary N) is 1. The van der Waals surface area contributed by atoms with Gasteiger partial charge in [-0.3, -0.25) is 4.90 Å². The summed E-state index contributed by atoms with van der Waals surface area (Å²) in [6.07, 6.45) is 1.38. The maximum absolute atomic E-state index is 12.2. The molecule has 8 heteroatoms. The molecule has 0 aromatic carbocycles. The summed E-state index contributed by atoms with van der Waals surface area (Å²) in [6.45, 7) is 1.82. The number of nitrogens with zero attached hydrogens (tertiary/aromatic N) is 3. The number of piperidine rings is 1. The first-order valence-corrected chi connectivity index (χ1v) is 8.46. The van der Waals surface area contributed by atoms with Crippen LogP contribution in [0.3, 0.4) is 0 Å². The molecule has 0 amide bonds. The van der Waals surface area contributed by atoms with Crippen LogP contribution < -0.4 is 4.72 Å². The van der Waals surface area contributed by atoms with Crippen LogP contribution in [0.5, 0.6) is 0 Å². The molecule has 2 heterocycles. The molecule has 0 spiro atoms. The summed E-state index contributed by atoms with van der Waals surface area (Å²) in [5.41, 5.74) is 0. The highest BCUT2D eigenvalue weighted by Crippen LogP contribution is 2.22. The fraction of sp³-hybridized carbons (Fsp3) is 0.500. The third-order valence-corrected chi connectivity index (χ3v) is 6.16. The molecule has 1 aliphatic heterocycles. The molecule has 2 rings (SSSR count). The van der Waals surface area contributed by atoms with E-state index in [9.17, 15) is 8.42 Å². The zero-order valence-corrected chi connectivity index (χ0v) is 12.4. The van der Waals surface area contributed by atoms with E-state index < -0.39 is 10.0 Å². The Labute approximate surface area is 122 Å². The molecule has 106 valence electrons. The standard InChI is InChI=1S/C12H14N4O2S2/c13-5-8-16-6-3-10(4-7-16)15-20(17,18)12-2-1-11(9-14)19-12/h1-2,10,15H,3-4,6-8H2. The summed E-state index contributed by atoms with van der Waals surface area (Å²) in [6, 6.07) is 6.88. The molecule has 1 N–H and O–H groups in total. The Morgan fingerprint density at radius 1 is 1.35 bits per heavy atom. The lowest BCUT2D eigenvalue weighted by Crippen LogP contribution is -2.44. The number of rotatable bonds is 4. The molecular formula is C12H14N4O2S2. The smallest absolute Gasteiger partial charge is 0.250 e. The molecule has 6 nitrogen and oxygen atoms in total. The Morgan fingerprint density at radius 3 is 2.60 bits per heavy atom. The first-order chi connectivity index (χ1) is 9.55. The maximum Gasteiger partial charge on any atom is 0.250 e. The highest BCUT2D eigenvalue weighted by molar-refractivity contribution is 7.91. The molecule has 0 atom stereocenters. The van der Waals surface area contributed by atoms with E-state index >= 15 is 0 Å². The van der Waals surface area contributed by atoms with Gasteiger partial charge in [0.2, 0.25) is 10.0 Å². The fourth-order valence-corrected chi connectivity index (χ4v) is 4.54. The van der Waals surface area contributed by atoms with Crippen LogP contribution in [-0.4, -0.2) is 39.0 Å². The van der Waals surface area contributed by atoms with Gasteiger partial charge in [0.15, 0.2) is 0 Å². The van der Waals surface area contributed by atoms with Crippen LogP contribution in [0.4, 0.5) is 0 Å². The summed E-state index contributed by atoms with van der Waals surface area (Å²) in [5.74, 6) is 0. The summed E-state index contributed by atoms with van der Waals surface area (Å²) in [7, 11) is -3.55. The molecule has 1 aromatic rings. The average Bonchev–Trinajstić information content (AvgIpc) is 2.91. The van der Waals surface area contributed by atoms with E-state index in [-0.39, 0.29) is 10.3 Å². The lowest BCUT2D eigenvalue weighted by atomic mass is 10.1. The van der Waals surface area contributed by atoms with E-state index in [0.29, 0.717) is 37.4 Å². The van der Waals surface area contributed by atoms with Gasteiger partial charge >= 0.3 is 0 Å². The highest BCUT2D eigenvalue weighted by Gasteiger charge is 2.25. The van der Waals surface area contributed by atoms with Crippen LogP contribution in [0.15, 0.2) is 16.3 Å². The van der Waals surface area contributed by atoms with E-state index in [4.69, 9.17) is 10.5 Å². The topological polar surface area (TPSA) is 97.0 Å². The third-order valence-electron chi connectivity index (χ3n) is 3.16. The molecule has 1 fully saturated rings. The van der Waals surface area contributed by atoms with Crippen molar-refractivity contribution in [3.8, 4) is 12.1 Å². The lowest BCUT2D eigenvalue weighted by Gasteiger charge is -2.30. The molecule has 1 aliphatic rings. The quantitative estimate of drug-likeness (QED) is 0.833. The van der Waals surface area contributed by atoms with Crippen LogP contribution in [0.2, 0.25) is 0 Å². The fourth-order valence-electron chi connectivity index (χ4n) is 2.11. The van der Waals surface area contributed by atoms with Crippen molar-refractivity contribution in [2.45, 2.75) is 23.1 Å². The van der Waals surface area contributed by atoms with Crippen molar-refractivity contribution in [1.29, 1.82) is 10.5 Å². The van der Waals surface area contributed by atoms with Crippen molar-refractivity contribution >= 4 is 21.4 Å². The highest BCUT2D eigenvalue weighted by atomic mass is 32.2. The number of nitriles is 2. The third kappa shape index (κ3) is 3.56. The maximum atomic E-state index is 12.2. The van der Waals surface area contributed by atoms with Gasteiger partial charge in [-0.25, -0.2) is 13.1 Å². The number of likely N-dealkylation sites (tertiary alicyclic amines) is 1. The Balaban J connectivity index is 1.97.